The normalized spacial score (nSPS) is 18.0. The second-order valence-electron chi connectivity index (χ2n) is 24.8. The third-order valence-electron chi connectivity index (χ3n) is 17.2. The van der Waals surface area contributed by atoms with E-state index < -0.39 is 0 Å². The Morgan fingerprint density at radius 2 is 1.09 bits per heavy atom. The number of rotatable bonds is 4. The van der Waals surface area contributed by atoms with Crippen molar-refractivity contribution in [3.05, 3.63) is 173 Å². The van der Waals surface area contributed by atoms with Crippen molar-refractivity contribution in [3.8, 4) is 33.4 Å². The fraction of sp³-hybridized carbons (Fsp3) is 0.323. The Labute approximate surface area is 416 Å². The summed E-state index contributed by atoms with van der Waals surface area (Å²) in [6, 6.07) is 54.7. The molecule has 0 fully saturated rings. The van der Waals surface area contributed by atoms with Crippen molar-refractivity contribution in [2.75, 3.05) is 9.71 Å². The lowest BCUT2D eigenvalue weighted by molar-refractivity contribution is 0.332. The average molecular weight is 919 g/mol. The fourth-order valence-corrected chi connectivity index (χ4v) is 14.1. The molecular weight excluding hydrogens is 852 g/mol. The lowest BCUT2D eigenvalue weighted by Crippen LogP contribution is -2.61. The Bertz CT molecular complexity index is 3400. The minimum atomic E-state index is -0.0846. The Hall–Kier alpha value is -5.84. The lowest BCUT2D eigenvalue weighted by atomic mass is 9.43. The van der Waals surface area contributed by atoms with Crippen LogP contribution in [0.1, 0.15) is 135 Å². The van der Waals surface area contributed by atoms with Crippen LogP contribution in [0.25, 0.3) is 43.5 Å². The Balaban J connectivity index is 1.23. The summed E-state index contributed by atoms with van der Waals surface area (Å²) < 4.78 is 1.38. The molecule has 0 atom stereocenters. The predicted octanol–water partition coefficient (Wildman–Crippen LogP) is 17.2. The lowest BCUT2D eigenvalue weighted by Gasteiger charge is -2.47. The minimum Gasteiger partial charge on any atom is -0.376 e. The number of aryl methyl sites for hydroxylation is 1. The molecule has 0 N–H and O–H groups in total. The van der Waals surface area contributed by atoms with E-state index in [2.05, 4.69) is 232 Å². The van der Waals surface area contributed by atoms with Crippen molar-refractivity contribution in [3.63, 3.8) is 0 Å². The Kier molecular flexibility index (Phi) is 9.70. The highest BCUT2D eigenvalue weighted by Gasteiger charge is 2.49. The molecule has 12 rings (SSSR count). The van der Waals surface area contributed by atoms with Crippen LogP contribution in [0.15, 0.2) is 140 Å². The van der Waals surface area contributed by atoms with Crippen molar-refractivity contribution in [2.24, 2.45) is 0 Å². The Morgan fingerprint density at radius 3 is 1.74 bits per heavy atom. The van der Waals surface area contributed by atoms with Crippen LogP contribution in [-0.2, 0) is 27.1 Å². The van der Waals surface area contributed by atoms with Gasteiger partial charge in [-0.15, -0.1) is 11.3 Å². The molecule has 0 amide bonds. The maximum atomic E-state index is 2.79. The zero-order valence-corrected chi connectivity index (χ0v) is 43.8. The van der Waals surface area contributed by atoms with E-state index in [4.69, 9.17) is 0 Å². The number of thiophene rings is 1. The summed E-state index contributed by atoms with van der Waals surface area (Å²) in [4.78, 5) is 5.49. The van der Waals surface area contributed by atoms with Crippen molar-refractivity contribution in [2.45, 2.75) is 136 Å². The molecule has 0 spiro atoms. The van der Waals surface area contributed by atoms with Crippen molar-refractivity contribution in [1.82, 2.24) is 0 Å². The van der Waals surface area contributed by atoms with Gasteiger partial charge in [0.15, 0.2) is 0 Å². The van der Waals surface area contributed by atoms with Gasteiger partial charge in [0.2, 0.25) is 0 Å². The van der Waals surface area contributed by atoms with Gasteiger partial charge >= 0.3 is 6.85 Å². The Morgan fingerprint density at radius 1 is 0.478 bits per heavy atom. The summed E-state index contributed by atoms with van der Waals surface area (Å²) >= 11 is 2.01. The monoisotopic (exact) mass is 919 g/mol. The van der Waals surface area contributed by atoms with Gasteiger partial charge in [-0.05, 0) is 180 Å². The van der Waals surface area contributed by atoms with Crippen LogP contribution in [0.3, 0.4) is 0 Å². The number of fused-ring (bicyclic) bond motifs is 8. The summed E-state index contributed by atoms with van der Waals surface area (Å²) in [5, 5.41) is 2.72. The van der Waals surface area contributed by atoms with E-state index in [9.17, 15) is 0 Å². The first kappa shape index (κ1) is 44.4. The van der Waals surface area contributed by atoms with E-state index in [1.54, 1.807) is 0 Å². The fourth-order valence-electron chi connectivity index (χ4n) is 12.8. The smallest absolute Gasteiger partial charge is 0.334 e. The summed E-state index contributed by atoms with van der Waals surface area (Å²) in [5.74, 6) is 0. The van der Waals surface area contributed by atoms with Crippen molar-refractivity contribution >= 4 is 66.9 Å². The molecule has 2 aliphatic heterocycles. The first-order valence-corrected chi connectivity index (χ1v) is 26.4. The van der Waals surface area contributed by atoms with Gasteiger partial charge in [-0.25, -0.2) is 0 Å². The molecule has 69 heavy (non-hydrogen) atoms. The molecule has 8 aromatic rings. The van der Waals surface area contributed by atoms with Gasteiger partial charge in [-0.2, -0.15) is 0 Å². The van der Waals surface area contributed by atoms with Gasteiger partial charge in [0, 0.05) is 32.9 Å². The van der Waals surface area contributed by atoms with Gasteiger partial charge in [0.1, 0.15) is 0 Å². The van der Waals surface area contributed by atoms with Crippen LogP contribution in [-0.4, -0.2) is 6.85 Å². The summed E-state index contributed by atoms with van der Waals surface area (Å²) in [7, 11) is 0. The third kappa shape index (κ3) is 6.86. The van der Waals surface area contributed by atoms with Crippen LogP contribution in [0, 0.1) is 6.92 Å². The highest BCUT2D eigenvalue weighted by Crippen LogP contribution is 2.56. The summed E-state index contributed by atoms with van der Waals surface area (Å²) in [6.07, 6.45) is 4.73. The highest BCUT2D eigenvalue weighted by molar-refractivity contribution is 7.26. The first-order valence-electron chi connectivity index (χ1n) is 25.6. The average Bonchev–Trinajstić information content (AvgIpc) is 3.70. The molecule has 4 heteroatoms. The molecule has 0 unspecified atom stereocenters. The quantitative estimate of drug-likeness (QED) is 0.162. The second kappa shape index (κ2) is 15.1. The second-order valence-corrected chi connectivity index (χ2v) is 25.8. The number of hydrogen-bond acceptors (Lipinski definition) is 3. The SMILES string of the molecule is Cc1cc2c3c(c1)N(c1ccc(C(C)(C)C)cc1-c1ccccc1)c1sc4cc5c(cc4c1B3N(c1ccc3c(c1)C(C)(C)CCC3(C)C)c1cc(-c3ccccc3)ccc1-2)C(C)(C)CCC5(C)C. The molecule has 0 radical (unpaired) electrons. The van der Waals surface area contributed by atoms with E-state index in [0.29, 0.717) is 0 Å². The first-order chi connectivity index (χ1) is 32.7. The number of benzene rings is 7. The maximum absolute atomic E-state index is 2.79. The number of anilines is 5. The molecule has 2 aliphatic carbocycles. The zero-order valence-electron chi connectivity index (χ0n) is 43.0. The molecule has 0 saturated carbocycles. The highest BCUT2D eigenvalue weighted by atomic mass is 32.1. The minimum absolute atomic E-state index is 0.0134. The molecule has 1 aromatic heterocycles. The van der Waals surface area contributed by atoms with Gasteiger partial charge in [0.25, 0.3) is 0 Å². The van der Waals surface area contributed by atoms with Crippen LogP contribution >= 0.6 is 11.3 Å². The van der Waals surface area contributed by atoms with E-state index in [-0.39, 0.29) is 33.9 Å². The molecule has 4 aliphatic rings. The summed E-state index contributed by atoms with van der Waals surface area (Å²) in [6.45, 7) is 29.0. The molecule has 0 bridgehead atoms. The van der Waals surface area contributed by atoms with Crippen LogP contribution in [0.5, 0.6) is 0 Å². The van der Waals surface area contributed by atoms with E-state index >= 15 is 0 Å². The molecule has 2 nitrogen and oxygen atoms in total. The largest absolute Gasteiger partial charge is 0.376 e. The van der Waals surface area contributed by atoms with Crippen molar-refractivity contribution < 1.29 is 0 Å². The van der Waals surface area contributed by atoms with Gasteiger partial charge < -0.3 is 9.71 Å². The molecule has 7 aromatic carbocycles. The van der Waals surface area contributed by atoms with Gasteiger partial charge in [0.05, 0.1) is 10.7 Å². The maximum Gasteiger partial charge on any atom is 0.334 e. The summed E-state index contributed by atoms with van der Waals surface area (Å²) in [5.41, 5.74) is 24.4. The van der Waals surface area contributed by atoms with E-state index in [0.717, 1.165) is 0 Å². The number of hydrogen-bond donors (Lipinski definition) is 0. The van der Waals surface area contributed by atoms with E-state index in [1.165, 1.54) is 141 Å². The topological polar surface area (TPSA) is 6.48 Å². The zero-order chi connectivity index (χ0) is 48.2. The van der Waals surface area contributed by atoms with Gasteiger partial charge in [-0.1, -0.05) is 167 Å². The van der Waals surface area contributed by atoms with Crippen LogP contribution < -0.4 is 20.6 Å². The molecule has 3 heterocycles. The third-order valence-corrected chi connectivity index (χ3v) is 18.3. The molecule has 0 saturated heterocycles. The number of nitrogens with zero attached hydrogens (tertiary/aromatic N) is 2. The van der Waals surface area contributed by atoms with Crippen LogP contribution in [0.2, 0.25) is 0 Å². The van der Waals surface area contributed by atoms with Crippen LogP contribution in [0.4, 0.5) is 27.8 Å². The van der Waals surface area contributed by atoms with Crippen molar-refractivity contribution in [1.29, 1.82) is 0 Å². The van der Waals surface area contributed by atoms with Gasteiger partial charge in [-0.3, -0.25) is 0 Å². The molecule has 346 valence electrons. The standard InChI is InChI=1S/C65H67BN2S/c1-40-33-48-46-26-23-43(41-19-15-13-16-20-41)35-55(46)68(45-25-27-50-51(37-45)63(7,8)30-29-62(50,5)6)66-58(48)56(34-40)67(54-28-24-44(61(2,3)4)36-47(54)42-21-17-14-18-22-42)60-59(66)49-38-52-53(39-57(49)69-60)65(11,12)32-31-64(52,9)10/h13-28,33-39H,29-32H2,1-12H3. The predicted molar refractivity (Wildman–Crippen MR) is 300 cm³/mol. The van der Waals surface area contributed by atoms with E-state index in [1.807, 2.05) is 11.3 Å². The molecular formula is C65H67BN2S.